The molecule has 1 aliphatic rings. The molecule has 1 N–H and O–H groups in total. The Labute approximate surface area is 114 Å². The van der Waals surface area contributed by atoms with Crippen molar-refractivity contribution in [2.24, 2.45) is 11.8 Å². The number of hydrogen-bond donors (Lipinski definition) is 1. The summed E-state index contributed by atoms with van der Waals surface area (Å²) in [6, 6.07) is 4.03. The molecule has 0 amide bonds. The maximum Gasteiger partial charge on any atom is 0.310 e. The summed E-state index contributed by atoms with van der Waals surface area (Å²) in [5.41, 5.74) is 1.16. The minimum atomic E-state index is -0.0985. The summed E-state index contributed by atoms with van der Waals surface area (Å²) in [6.45, 7) is 4.62. The first-order valence-electron chi connectivity index (χ1n) is 6.57. The molecule has 1 aliphatic heterocycles. The lowest BCUT2D eigenvalue weighted by Crippen LogP contribution is -2.24. The normalized spacial score (nSPS) is 23.3. The van der Waals surface area contributed by atoms with Crippen LogP contribution in [0.15, 0.2) is 18.3 Å². The quantitative estimate of drug-likeness (QED) is 0.831. The van der Waals surface area contributed by atoms with Crippen LogP contribution in [0.4, 0.5) is 5.82 Å². The predicted molar refractivity (Wildman–Crippen MR) is 73.7 cm³/mol. The fraction of sp³-hybridized carbons (Fsp3) is 0.571. The van der Waals surface area contributed by atoms with Crippen LogP contribution < -0.4 is 5.32 Å². The highest BCUT2D eigenvalue weighted by atomic mass is 16.5. The van der Waals surface area contributed by atoms with E-state index >= 15 is 0 Å². The number of ether oxygens (including phenoxy) is 1. The van der Waals surface area contributed by atoms with E-state index in [1.54, 1.807) is 0 Å². The minimum Gasteiger partial charge on any atom is -0.469 e. The molecule has 0 bridgehead atoms. The summed E-state index contributed by atoms with van der Waals surface area (Å²) in [5.74, 6) is 1.11. The number of anilines is 1. The molecule has 2 atom stereocenters. The van der Waals surface area contributed by atoms with Crippen molar-refractivity contribution in [1.82, 2.24) is 9.88 Å². The number of rotatable bonds is 4. The molecule has 5 heteroatoms. The fourth-order valence-corrected chi connectivity index (χ4v) is 2.58. The van der Waals surface area contributed by atoms with Gasteiger partial charge >= 0.3 is 5.97 Å². The van der Waals surface area contributed by atoms with Gasteiger partial charge in [-0.3, -0.25) is 9.69 Å². The van der Waals surface area contributed by atoms with Crippen LogP contribution in [0, 0.1) is 11.8 Å². The number of aromatic nitrogens is 1. The van der Waals surface area contributed by atoms with Gasteiger partial charge in [-0.1, -0.05) is 13.0 Å². The molecule has 0 radical (unpaired) electrons. The van der Waals surface area contributed by atoms with Crippen molar-refractivity contribution in [2.75, 3.05) is 32.6 Å². The van der Waals surface area contributed by atoms with Gasteiger partial charge in [0.15, 0.2) is 0 Å². The third kappa shape index (κ3) is 3.23. The molecule has 5 nitrogen and oxygen atoms in total. The number of esters is 1. The summed E-state index contributed by atoms with van der Waals surface area (Å²) < 4.78 is 4.85. The summed E-state index contributed by atoms with van der Waals surface area (Å²) in [6.07, 6.45) is 1.88. The number of hydrogen-bond acceptors (Lipinski definition) is 5. The number of carbonyl (C=O) groups excluding carboxylic acids is 1. The Balaban J connectivity index is 1.95. The lowest BCUT2D eigenvalue weighted by atomic mass is 9.99. The summed E-state index contributed by atoms with van der Waals surface area (Å²) in [4.78, 5) is 18.2. The van der Waals surface area contributed by atoms with Crippen LogP contribution in [-0.4, -0.2) is 43.1 Å². The molecule has 104 valence electrons. The first-order chi connectivity index (χ1) is 9.13. The standard InChI is InChI=1S/C14H21N3O2/c1-10-7-17(9-12(10)14(18)19-3)8-11-4-5-13(15-2)16-6-11/h4-6,10,12H,7-9H2,1-3H3,(H,15,16). The molecule has 1 saturated heterocycles. The smallest absolute Gasteiger partial charge is 0.310 e. The van der Waals surface area contributed by atoms with E-state index in [-0.39, 0.29) is 11.9 Å². The summed E-state index contributed by atoms with van der Waals surface area (Å²) in [5, 5.41) is 3.00. The van der Waals surface area contributed by atoms with Crippen LogP contribution in [0.1, 0.15) is 12.5 Å². The molecular weight excluding hydrogens is 242 g/mol. The van der Waals surface area contributed by atoms with E-state index in [4.69, 9.17) is 4.74 Å². The molecule has 0 aliphatic carbocycles. The van der Waals surface area contributed by atoms with Crippen molar-refractivity contribution in [3.8, 4) is 0 Å². The van der Waals surface area contributed by atoms with E-state index in [9.17, 15) is 4.79 Å². The predicted octanol–water partition coefficient (Wildman–Crippen LogP) is 1.36. The molecular formula is C14H21N3O2. The second kappa shape index (κ2) is 6.02. The lowest BCUT2D eigenvalue weighted by Gasteiger charge is -2.15. The van der Waals surface area contributed by atoms with Crippen LogP contribution in [0.2, 0.25) is 0 Å². The van der Waals surface area contributed by atoms with Crippen molar-refractivity contribution in [1.29, 1.82) is 0 Å². The maximum atomic E-state index is 11.6. The van der Waals surface area contributed by atoms with Crippen LogP contribution in [0.25, 0.3) is 0 Å². The molecule has 1 aromatic heterocycles. The van der Waals surface area contributed by atoms with Crippen LogP contribution in [0.3, 0.4) is 0 Å². The Hall–Kier alpha value is -1.62. The SMILES string of the molecule is CNc1ccc(CN2CC(C)C(C(=O)OC)C2)cn1. The van der Waals surface area contributed by atoms with Crippen molar-refractivity contribution in [2.45, 2.75) is 13.5 Å². The Morgan fingerprint density at radius 2 is 2.32 bits per heavy atom. The van der Waals surface area contributed by atoms with E-state index in [1.165, 1.54) is 7.11 Å². The van der Waals surface area contributed by atoms with Crippen molar-refractivity contribution in [3.63, 3.8) is 0 Å². The Kier molecular flexibility index (Phi) is 4.37. The number of likely N-dealkylation sites (tertiary alicyclic amines) is 1. The molecule has 19 heavy (non-hydrogen) atoms. The molecule has 0 spiro atoms. The van der Waals surface area contributed by atoms with Gasteiger partial charge in [0, 0.05) is 32.9 Å². The van der Waals surface area contributed by atoms with Crippen LogP contribution in [-0.2, 0) is 16.1 Å². The van der Waals surface area contributed by atoms with Crippen molar-refractivity contribution in [3.05, 3.63) is 23.9 Å². The average molecular weight is 263 g/mol. The minimum absolute atomic E-state index is 0.00505. The van der Waals surface area contributed by atoms with E-state index in [1.807, 2.05) is 19.3 Å². The van der Waals surface area contributed by atoms with E-state index < -0.39 is 0 Å². The van der Waals surface area contributed by atoms with Gasteiger partial charge in [-0.05, 0) is 17.5 Å². The number of methoxy groups -OCH3 is 1. The van der Waals surface area contributed by atoms with Gasteiger partial charge in [0.25, 0.3) is 0 Å². The monoisotopic (exact) mass is 263 g/mol. The maximum absolute atomic E-state index is 11.6. The van der Waals surface area contributed by atoms with Crippen molar-refractivity contribution >= 4 is 11.8 Å². The van der Waals surface area contributed by atoms with Gasteiger partial charge in [0.05, 0.1) is 13.0 Å². The molecule has 0 saturated carbocycles. The van der Waals surface area contributed by atoms with E-state index in [0.29, 0.717) is 5.92 Å². The van der Waals surface area contributed by atoms with E-state index in [2.05, 4.69) is 28.2 Å². The number of carbonyl (C=O) groups is 1. The Morgan fingerprint density at radius 3 is 2.89 bits per heavy atom. The highest BCUT2D eigenvalue weighted by Crippen LogP contribution is 2.25. The zero-order chi connectivity index (χ0) is 13.8. The third-order valence-electron chi connectivity index (χ3n) is 3.68. The molecule has 2 heterocycles. The Morgan fingerprint density at radius 1 is 1.53 bits per heavy atom. The highest BCUT2D eigenvalue weighted by Gasteiger charge is 2.35. The first-order valence-corrected chi connectivity index (χ1v) is 6.57. The largest absolute Gasteiger partial charge is 0.469 e. The lowest BCUT2D eigenvalue weighted by molar-refractivity contribution is -0.146. The van der Waals surface area contributed by atoms with Gasteiger partial charge in [0.2, 0.25) is 0 Å². The summed E-state index contributed by atoms with van der Waals surface area (Å²) in [7, 11) is 3.31. The van der Waals surface area contributed by atoms with Crippen molar-refractivity contribution < 1.29 is 9.53 Å². The highest BCUT2D eigenvalue weighted by molar-refractivity contribution is 5.73. The van der Waals surface area contributed by atoms with Crippen LogP contribution >= 0.6 is 0 Å². The fourth-order valence-electron chi connectivity index (χ4n) is 2.58. The Bertz CT molecular complexity index is 433. The molecule has 1 fully saturated rings. The molecule has 0 aromatic carbocycles. The van der Waals surface area contributed by atoms with Crippen LogP contribution in [0.5, 0.6) is 0 Å². The van der Waals surface area contributed by atoms with Gasteiger partial charge in [-0.25, -0.2) is 4.98 Å². The average Bonchev–Trinajstić information content (AvgIpc) is 2.79. The van der Waals surface area contributed by atoms with Gasteiger partial charge in [-0.2, -0.15) is 0 Å². The molecule has 2 rings (SSSR count). The molecule has 2 unspecified atom stereocenters. The zero-order valence-corrected chi connectivity index (χ0v) is 11.7. The first kappa shape index (κ1) is 13.8. The van der Waals surface area contributed by atoms with Gasteiger partial charge in [-0.15, -0.1) is 0 Å². The summed E-state index contributed by atoms with van der Waals surface area (Å²) >= 11 is 0. The zero-order valence-electron chi connectivity index (χ0n) is 11.7. The number of pyridine rings is 1. The topological polar surface area (TPSA) is 54.5 Å². The second-order valence-electron chi connectivity index (χ2n) is 5.10. The molecule has 1 aromatic rings. The third-order valence-corrected chi connectivity index (χ3v) is 3.68. The second-order valence-corrected chi connectivity index (χ2v) is 5.10. The number of nitrogens with zero attached hydrogens (tertiary/aromatic N) is 2. The number of nitrogens with one attached hydrogen (secondary N) is 1. The van der Waals surface area contributed by atoms with E-state index in [0.717, 1.165) is 31.0 Å². The van der Waals surface area contributed by atoms with Gasteiger partial charge in [0.1, 0.15) is 5.82 Å². The van der Waals surface area contributed by atoms with Gasteiger partial charge < -0.3 is 10.1 Å².